The number of hydrogen-bond acceptors (Lipinski definition) is 4. The maximum atomic E-state index is 12.2. The lowest BCUT2D eigenvalue weighted by molar-refractivity contribution is -0.113. The van der Waals surface area contributed by atoms with E-state index in [2.05, 4.69) is 32.9 Å². The Kier molecular flexibility index (Phi) is 5.98. The summed E-state index contributed by atoms with van der Waals surface area (Å²) in [7, 11) is 1.64. The third-order valence-corrected chi connectivity index (χ3v) is 5.33. The minimum absolute atomic E-state index is 0.0608. The van der Waals surface area contributed by atoms with Crippen LogP contribution in [-0.4, -0.2) is 28.3 Å². The van der Waals surface area contributed by atoms with Crippen molar-refractivity contribution in [3.05, 3.63) is 64.5 Å². The Labute approximate surface area is 163 Å². The Balaban J connectivity index is 1.67. The van der Waals surface area contributed by atoms with E-state index in [0.29, 0.717) is 0 Å². The average Bonchev–Trinajstić information content (AvgIpc) is 3.10. The van der Waals surface area contributed by atoms with Gasteiger partial charge in [-0.3, -0.25) is 9.36 Å². The molecule has 0 fully saturated rings. The van der Waals surface area contributed by atoms with Crippen molar-refractivity contribution in [2.75, 3.05) is 18.2 Å². The third kappa shape index (κ3) is 4.55. The highest BCUT2D eigenvalue weighted by Gasteiger charge is 2.10. The van der Waals surface area contributed by atoms with E-state index in [-0.39, 0.29) is 11.7 Å². The second-order valence-electron chi connectivity index (χ2n) is 5.10. The number of anilines is 1. The Hall–Kier alpha value is -2.00. The summed E-state index contributed by atoms with van der Waals surface area (Å²) in [5.74, 6) is 0.999. The summed E-state index contributed by atoms with van der Waals surface area (Å²) in [5, 5.41) is 3.68. The Bertz CT molecular complexity index is 882. The van der Waals surface area contributed by atoms with Crippen molar-refractivity contribution in [2.24, 2.45) is 0 Å². The number of nitrogens with zero attached hydrogens (tertiary/aromatic N) is 2. The molecule has 128 valence electrons. The molecule has 0 unspecified atom stereocenters. The number of halogens is 1. The number of nitrogens with one attached hydrogen (secondary N) is 1. The number of thioether (sulfide) groups is 1. The van der Waals surface area contributed by atoms with E-state index in [1.807, 2.05) is 59.3 Å². The van der Waals surface area contributed by atoms with Gasteiger partial charge < -0.3 is 10.1 Å². The second kappa shape index (κ2) is 8.39. The zero-order chi connectivity index (χ0) is 17.6. The van der Waals surface area contributed by atoms with E-state index in [9.17, 15) is 4.79 Å². The fraction of sp³-hybridized carbons (Fsp3) is 0.111. The zero-order valence-corrected chi connectivity index (χ0v) is 16.5. The Morgan fingerprint density at radius 1 is 1.28 bits per heavy atom. The van der Waals surface area contributed by atoms with Gasteiger partial charge in [0.05, 0.1) is 24.2 Å². The normalized spacial score (nSPS) is 10.5. The van der Waals surface area contributed by atoms with Crippen LogP contribution < -0.4 is 10.1 Å². The largest absolute Gasteiger partial charge is 0.497 e. The molecule has 7 heteroatoms. The lowest BCUT2D eigenvalue weighted by atomic mass is 10.3. The number of methoxy groups -OCH3 is 1. The maximum absolute atomic E-state index is 12.2. The molecule has 0 aliphatic heterocycles. The number of carbonyl (C=O) groups excluding carboxylic acids is 1. The lowest BCUT2D eigenvalue weighted by Gasteiger charge is -2.10. The molecule has 0 radical (unpaired) electrons. The Morgan fingerprint density at radius 2 is 2.12 bits per heavy atom. The molecule has 1 heterocycles. The third-order valence-electron chi connectivity index (χ3n) is 3.42. The second-order valence-corrected chi connectivity index (χ2v) is 7.20. The molecule has 5 nitrogen and oxygen atoms in total. The van der Waals surface area contributed by atoms with Crippen molar-refractivity contribution >= 4 is 45.9 Å². The van der Waals surface area contributed by atoms with Crippen molar-refractivity contribution in [2.45, 2.75) is 5.16 Å². The van der Waals surface area contributed by atoms with Crippen LogP contribution in [0.5, 0.6) is 5.75 Å². The molecule has 0 spiro atoms. The molecule has 0 atom stereocenters. The number of benzene rings is 2. The number of amides is 1. The fourth-order valence-electron chi connectivity index (χ4n) is 2.23. The summed E-state index contributed by atoms with van der Waals surface area (Å²) in [6, 6.07) is 15.4. The predicted molar refractivity (Wildman–Crippen MR) is 109 cm³/mol. The van der Waals surface area contributed by atoms with E-state index in [0.717, 1.165) is 25.9 Å². The summed E-state index contributed by atoms with van der Waals surface area (Å²) < 4.78 is 8.21. The molecule has 0 bridgehead atoms. The number of para-hydroxylation sites is 1. The van der Waals surface area contributed by atoms with E-state index in [1.54, 1.807) is 13.3 Å². The van der Waals surface area contributed by atoms with E-state index in [1.165, 1.54) is 11.8 Å². The Morgan fingerprint density at radius 3 is 2.92 bits per heavy atom. The first-order valence-electron chi connectivity index (χ1n) is 7.52. The van der Waals surface area contributed by atoms with Crippen LogP contribution in [0.3, 0.4) is 0 Å². The molecule has 3 aromatic rings. The van der Waals surface area contributed by atoms with Crippen LogP contribution in [0.25, 0.3) is 5.69 Å². The predicted octanol–water partition coefficient (Wildman–Crippen LogP) is 4.22. The first-order chi connectivity index (χ1) is 12.2. The summed E-state index contributed by atoms with van der Waals surface area (Å²) in [4.78, 5) is 16.6. The van der Waals surface area contributed by atoms with Gasteiger partial charge in [0.15, 0.2) is 5.16 Å². The minimum Gasteiger partial charge on any atom is -0.497 e. The van der Waals surface area contributed by atoms with Crippen LogP contribution in [0.1, 0.15) is 0 Å². The topological polar surface area (TPSA) is 56.2 Å². The quantitative estimate of drug-likeness (QED) is 0.438. The SMILES string of the molecule is COc1cccc(-n2ccnc2SCC(=O)Nc2ccccc2I)c1. The van der Waals surface area contributed by atoms with Crippen LogP contribution in [-0.2, 0) is 4.79 Å². The maximum Gasteiger partial charge on any atom is 0.234 e. The number of imidazole rings is 1. The molecule has 1 amide bonds. The van der Waals surface area contributed by atoms with Crippen LogP contribution in [0.4, 0.5) is 5.69 Å². The highest BCUT2D eigenvalue weighted by Crippen LogP contribution is 2.24. The molecular weight excluding hydrogens is 449 g/mol. The number of rotatable bonds is 6. The van der Waals surface area contributed by atoms with Crippen LogP contribution in [0.2, 0.25) is 0 Å². The number of aromatic nitrogens is 2. The molecule has 0 aliphatic rings. The molecule has 2 aromatic carbocycles. The first-order valence-corrected chi connectivity index (χ1v) is 9.59. The average molecular weight is 465 g/mol. The molecule has 0 saturated carbocycles. The van der Waals surface area contributed by atoms with E-state index in [4.69, 9.17) is 4.74 Å². The monoisotopic (exact) mass is 465 g/mol. The van der Waals surface area contributed by atoms with Crippen molar-refractivity contribution in [1.29, 1.82) is 0 Å². The number of hydrogen-bond donors (Lipinski definition) is 1. The van der Waals surface area contributed by atoms with Crippen LogP contribution in [0, 0.1) is 3.57 Å². The molecular formula is C18H16IN3O2S. The van der Waals surface area contributed by atoms with Gasteiger partial charge in [0, 0.05) is 22.0 Å². The van der Waals surface area contributed by atoms with Gasteiger partial charge in [-0.05, 0) is 46.9 Å². The van der Waals surface area contributed by atoms with Gasteiger partial charge in [-0.15, -0.1) is 0 Å². The van der Waals surface area contributed by atoms with E-state index >= 15 is 0 Å². The minimum atomic E-state index is -0.0608. The smallest absolute Gasteiger partial charge is 0.234 e. The van der Waals surface area contributed by atoms with Gasteiger partial charge in [-0.25, -0.2) is 4.98 Å². The van der Waals surface area contributed by atoms with Gasteiger partial charge in [0.2, 0.25) is 5.91 Å². The number of carbonyl (C=O) groups is 1. The standard InChI is InChI=1S/C18H16IN3O2S/c1-24-14-6-4-5-13(11-14)22-10-9-20-18(22)25-12-17(23)21-16-8-3-2-7-15(16)19/h2-11H,12H2,1H3,(H,21,23). The zero-order valence-electron chi connectivity index (χ0n) is 13.5. The summed E-state index contributed by atoms with van der Waals surface area (Å²) >= 11 is 3.59. The lowest BCUT2D eigenvalue weighted by Crippen LogP contribution is -2.15. The fourth-order valence-corrected chi connectivity index (χ4v) is 3.53. The van der Waals surface area contributed by atoms with Crippen molar-refractivity contribution < 1.29 is 9.53 Å². The van der Waals surface area contributed by atoms with Crippen LogP contribution >= 0.6 is 34.4 Å². The molecule has 1 aromatic heterocycles. The van der Waals surface area contributed by atoms with Crippen molar-refractivity contribution in [1.82, 2.24) is 9.55 Å². The van der Waals surface area contributed by atoms with Gasteiger partial charge in [-0.2, -0.15) is 0 Å². The molecule has 1 N–H and O–H groups in total. The molecule has 0 saturated heterocycles. The first kappa shape index (κ1) is 17.8. The van der Waals surface area contributed by atoms with E-state index < -0.39 is 0 Å². The van der Waals surface area contributed by atoms with Crippen molar-refractivity contribution in [3.8, 4) is 11.4 Å². The summed E-state index contributed by atoms with van der Waals surface area (Å²) in [5.41, 5.74) is 1.77. The highest BCUT2D eigenvalue weighted by atomic mass is 127. The van der Waals surface area contributed by atoms with Gasteiger partial charge in [0.1, 0.15) is 5.75 Å². The van der Waals surface area contributed by atoms with Crippen molar-refractivity contribution in [3.63, 3.8) is 0 Å². The highest BCUT2D eigenvalue weighted by molar-refractivity contribution is 14.1. The molecule has 0 aliphatic carbocycles. The summed E-state index contributed by atoms with van der Waals surface area (Å²) in [6.45, 7) is 0. The van der Waals surface area contributed by atoms with Gasteiger partial charge in [-0.1, -0.05) is 30.0 Å². The van der Waals surface area contributed by atoms with Gasteiger partial charge in [0.25, 0.3) is 0 Å². The molecule has 25 heavy (non-hydrogen) atoms. The summed E-state index contributed by atoms with van der Waals surface area (Å²) in [6.07, 6.45) is 3.59. The van der Waals surface area contributed by atoms with Crippen LogP contribution in [0.15, 0.2) is 66.1 Å². The van der Waals surface area contributed by atoms with Gasteiger partial charge >= 0.3 is 0 Å². The molecule has 3 rings (SSSR count). The number of ether oxygens (including phenoxy) is 1.